The second-order valence-corrected chi connectivity index (χ2v) is 10.3. The first kappa shape index (κ1) is 19.9. The van der Waals surface area contributed by atoms with E-state index in [0.717, 1.165) is 16.8 Å². The van der Waals surface area contributed by atoms with Gasteiger partial charge in [0.1, 0.15) is 0 Å². The highest BCUT2D eigenvalue weighted by Gasteiger charge is 2.49. The highest BCUT2D eigenvalue weighted by molar-refractivity contribution is 8.16. The number of anilines is 1. The first-order valence-electron chi connectivity index (χ1n) is 8.74. The number of aliphatic imine (C=N–C) groups is 1. The quantitative estimate of drug-likeness (QED) is 0.793. The van der Waals surface area contributed by atoms with Crippen molar-refractivity contribution in [2.75, 3.05) is 16.4 Å². The number of carboxylic acid groups (broad SMARTS) is 1. The minimum absolute atomic E-state index is 0.0463. The zero-order valence-electron chi connectivity index (χ0n) is 15.2. The van der Waals surface area contributed by atoms with Crippen molar-refractivity contribution in [2.24, 2.45) is 4.99 Å². The second-order valence-electron chi connectivity index (χ2n) is 6.95. The van der Waals surface area contributed by atoms with E-state index in [9.17, 15) is 18.0 Å². The van der Waals surface area contributed by atoms with Crippen molar-refractivity contribution in [3.05, 3.63) is 29.3 Å². The van der Waals surface area contributed by atoms with Crippen LogP contribution >= 0.6 is 11.8 Å². The smallest absolute Gasteiger partial charge is 0.303 e. The maximum Gasteiger partial charge on any atom is 0.303 e. The lowest BCUT2D eigenvalue weighted by Gasteiger charge is -2.27. The number of carbonyl (C=O) groups is 2. The van der Waals surface area contributed by atoms with Gasteiger partial charge in [0.2, 0.25) is 5.91 Å². The molecule has 0 bridgehead atoms. The second kappa shape index (κ2) is 7.63. The molecule has 1 N–H and O–H groups in total. The average Bonchev–Trinajstić information content (AvgIpc) is 2.99. The van der Waals surface area contributed by atoms with Gasteiger partial charge in [0, 0.05) is 23.8 Å². The molecule has 3 rings (SSSR count). The Morgan fingerprint density at radius 2 is 1.89 bits per heavy atom. The lowest BCUT2D eigenvalue weighted by Crippen LogP contribution is -2.38. The molecule has 0 aliphatic carbocycles. The number of benzene rings is 1. The molecule has 1 aromatic rings. The summed E-state index contributed by atoms with van der Waals surface area (Å²) in [7, 11) is -3.12. The van der Waals surface area contributed by atoms with Crippen LogP contribution in [0.1, 0.15) is 30.4 Å². The Kier molecular flexibility index (Phi) is 5.62. The molecule has 1 aromatic carbocycles. The van der Waals surface area contributed by atoms with Crippen molar-refractivity contribution in [1.29, 1.82) is 0 Å². The van der Waals surface area contributed by atoms with E-state index in [1.165, 1.54) is 11.8 Å². The summed E-state index contributed by atoms with van der Waals surface area (Å²) in [6.45, 7) is 3.91. The van der Waals surface area contributed by atoms with Gasteiger partial charge in [-0.25, -0.2) is 8.42 Å². The van der Waals surface area contributed by atoms with Gasteiger partial charge >= 0.3 is 5.97 Å². The van der Waals surface area contributed by atoms with E-state index in [2.05, 4.69) is 4.99 Å². The third-order valence-corrected chi connectivity index (χ3v) is 7.96. The molecule has 0 spiro atoms. The molecule has 27 heavy (non-hydrogen) atoms. The minimum atomic E-state index is -3.12. The Morgan fingerprint density at radius 3 is 2.52 bits per heavy atom. The van der Waals surface area contributed by atoms with Crippen LogP contribution in [0.5, 0.6) is 0 Å². The van der Waals surface area contributed by atoms with Crippen molar-refractivity contribution in [3.8, 4) is 0 Å². The number of nitrogens with zero attached hydrogens (tertiary/aromatic N) is 2. The van der Waals surface area contributed by atoms with Crippen LogP contribution in [0.15, 0.2) is 23.2 Å². The van der Waals surface area contributed by atoms with Crippen LogP contribution in [0.25, 0.3) is 0 Å². The van der Waals surface area contributed by atoms with E-state index in [-0.39, 0.29) is 48.0 Å². The van der Waals surface area contributed by atoms with Gasteiger partial charge in [-0.05, 0) is 31.4 Å². The zero-order valence-corrected chi connectivity index (χ0v) is 16.8. The number of aliphatic carboxylic acids is 1. The monoisotopic (exact) mass is 410 g/mol. The number of hydrogen-bond donors (Lipinski definition) is 1. The van der Waals surface area contributed by atoms with Gasteiger partial charge < -0.3 is 10.0 Å². The fourth-order valence-electron chi connectivity index (χ4n) is 3.57. The summed E-state index contributed by atoms with van der Waals surface area (Å²) < 4.78 is 24.2. The number of amidine groups is 1. The predicted octanol–water partition coefficient (Wildman–Crippen LogP) is 2.16. The van der Waals surface area contributed by atoms with Crippen LogP contribution < -0.4 is 4.90 Å². The topological polar surface area (TPSA) is 104 Å². The van der Waals surface area contributed by atoms with Gasteiger partial charge in [0.15, 0.2) is 15.0 Å². The van der Waals surface area contributed by atoms with E-state index in [1.807, 2.05) is 36.9 Å². The van der Waals surface area contributed by atoms with Crippen molar-refractivity contribution in [2.45, 2.75) is 44.4 Å². The first-order chi connectivity index (χ1) is 12.7. The van der Waals surface area contributed by atoms with E-state index in [1.54, 1.807) is 0 Å². The minimum Gasteiger partial charge on any atom is -0.481 e. The fraction of sp³-hybridized carbons (Fsp3) is 0.500. The number of hydrogen-bond acceptors (Lipinski definition) is 5. The van der Waals surface area contributed by atoms with Crippen LogP contribution in [-0.4, -0.2) is 53.4 Å². The number of para-hydroxylation sites is 1. The van der Waals surface area contributed by atoms with Crippen LogP contribution in [0.4, 0.5) is 5.69 Å². The Labute approximate surface area is 162 Å². The summed E-state index contributed by atoms with van der Waals surface area (Å²) >= 11 is 1.33. The third kappa shape index (κ3) is 4.35. The van der Waals surface area contributed by atoms with E-state index in [4.69, 9.17) is 5.11 Å². The normalized spacial score (nSPS) is 25.0. The summed E-state index contributed by atoms with van der Waals surface area (Å²) in [4.78, 5) is 29.0. The first-order valence-corrected chi connectivity index (χ1v) is 11.4. The number of thioether (sulfide) groups is 1. The van der Waals surface area contributed by atoms with E-state index >= 15 is 0 Å². The molecule has 1 amide bonds. The SMILES string of the molecule is Cc1cccc(C)c1N1C(=NC(=O)CCCC(=O)O)S[C@@H]2CS(=O)(=O)C[C@@H]21. The van der Waals surface area contributed by atoms with Crippen LogP contribution in [0.2, 0.25) is 0 Å². The van der Waals surface area contributed by atoms with Gasteiger partial charge in [0.25, 0.3) is 0 Å². The molecule has 7 nitrogen and oxygen atoms in total. The molecule has 146 valence electrons. The molecule has 0 unspecified atom stereocenters. The Balaban J connectivity index is 1.92. The predicted molar refractivity (Wildman–Crippen MR) is 106 cm³/mol. The van der Waals surface area contributed by atoms with Gasteiger partial charge in [-0.1, -0.05) is 30.0 Å². The number of amides is 1. The van der Waals surface area contributed by atoms with Gasteiger partial charge in [0.05, 0.1) is 17.5 Å². The molecule has 9 heteroatoms. The maximum absolute atomic E-state index is 12.2. The Morgan fingerprint density at radius 1 is 1.22 bits per heavy atom. The summed E-state index contributed by atoms with van der Waals surface area (Å²) in [6.07, 6.45) is 0.221. The average molecular weight is 411 g/mol. The highest BCUT2D eigenvalue weighted by atomic mass is 32.2. The van der Waals surface area contributed by atoms with Crippen LogP contribution in [0, 0.1) is 13.8 Å². The molecular weight excluding hydrogens is 388 g/mol. The molecule has 2 atom stereocenters. The van der Waals surface area contributed by atoms with Gasteiger partial charge in [-0.15, -0.1) is 0 Å². The molecule has 2 fully saturated rings. The van der Waals surface area contributed by atoms with Crippen molar-refractivity contribution >= 4 is 44.3 Å². The molecule has 2 aliphatic heterocycles. The largest absolute Gasteiger partial charge is 0.481 e. The number of aryl methyl sites for hydroxylation is 2. The number of fused-ring (bicyclic) bond motifs is 1. The summed E-state index contributed by atoms with van der Waals surface area (Å²) in [5.41, 5.74) is 2.88. The number of carbonyl (C=O) groups excluding carboxylic acids is 1. The molecule has 0 aromatic heterocycles. The Hall–Kier alpha value is -1.87. The van der Waals surface area contributed by atoms with Gasteiger partial charge in [-0.2, -0.15) is 4.99 Å². The third-order valence-electron chi connectivity index (χ3n) is 4.75. The van der Waals surface area contributed by atoms with Crippen molar-refractivity contribution in [1.82, 2.24) is 0 Å². The van der Waals surface area contributed by atoms with Crippen LogP contribution in [-0.2, 0) is 19.4 Å². The van der Waals surface area contributed by atoms with Crippen molar-refractivity contribution < 1.29 is 23.1 Å². The molecule has 2 heterocycles. The molecule has 2 saturated heterocycles. The molecule has 2 aliphatic rings. The maximum atomic E-state index is 12.2. The van der Waals surface area contributed by atoms with E-state index in [0.29, 0.717) is 5.17 Å². The lowest BCUT2D eigenvalue weighted by molar-refractivity contribution is -0.137. The molecular formula is C18H22N2O5S2. The molecule has 0 radical (unpaired) electrons. The summed E-state index contributed by atoms with van der Waals surface area (Å²) in [6, 6.07) is 5.60. The lowest BCUT2D eigenvalue weighted by atomic mass is 10.1. The van der Waals surface area contributed by atoms with Gasteiger partial charge in [-0.3, -0.25) is 9.59 Å². The number of sulfone groups is 1. The zero-order chi connectivity index (χ0) is 19.8. The summed E-state index contributed by atoms with van der Waals surface area (Å²) in [5, 5.41) is 9.06. The van der Waals surface area contributed by atoms with E-state index < -0.39 is 15.8 Å². The highest BCUT2D eigenvalue weighted by Crippen LogP contribution is 2.43. The number of rotatable bonds is 5. The fourth-order valence-corrected chi connectivity index (χ4v) is 7.48. The van der Waals surface area contributed by atoms with Crippen molar-refractivity contribution in [3.63, 3.8) is 0 Å². The van der Waals surface area contributed by atoms with Crippen LogP contribution in [0.3, 0.4) is 0 Å². The Bertz CT molecular complexity index is 890. The summed E-state index contributed by atoms with van der Waals surface area (Å²) in [5.74, 6) is -1.19. The standard InChI is InChI=1S/C18H22N2O5S2/c1-11-5-3-6-12(2)17(11)20-13-9-27(24,25)10-14(13)26-18(20)19-15(21)7-4-8-16(22)23/h3,5-6,13-14H,4,7-10H2,1-2H3,(H,22,23)/t13-,14+/m0/s1. The number of carboxylic acids is 1. The molecule has 0 saturated carbocycles.